The molecule has 1 aromatic heterocycles. The minimum absolute atomic E-state index is 0.247. The zero-order chi connectivity index (χ0) is 13.8. The number of imidazole rings is 1. The molecular formula is C14H28N4. The van der Waals surface area contributed by atoms with E-state index in [1.54, 1.807) is 0 Å². The second-order valence-corrected chi connectivity index (χ2v) is 6.45. The SMILES string of the molecule is CC(C)NCc1cncn1CC(C)(C)CN(C)C. The lowest BCUT2D eigenvalue weighted by molar-refractivity contribution is 0.209. The summed E-state index contributed by atoms with van der Waals surface area (Å²) >= 11 is 0. The van der Waals surface area contributed by atoms with E-state index in [4.69, 9.17) is 0 Å². The molecule has 0 aliphatic heterocycles. The van der Waals surface area contributed by atoms with Gasteiger partial charge in [-0.2, -0.15) is 0 Å². The normalized spacial score (nSPS) is 12.7. The smallest absolute Gasteiger partial charge is 0.0948 e. The summed E-state index contributed by atoms with van der Waals surface area (Å²) in [6, 6.07) is 0.503. The van der Waals surface area contributed by atoms with Gasteiger partial charge in [0.25, 0.3) is 0 Å². The molecule has 4 nitrogen and oxygen atoms in total. The summed E-state index contributed by atoms with van der Waals surface area (Å²) in [6.45, 7) is 11.9. The predicted molar refractivity (Wildman–Crippen MR) is 76.5 cm³/mol. The molecule has 1 heterocycles. The van der Waals surface area contributed by atoms with Gasteiger partial charge >= 0.3 is 0 Å². The van der Waals surface area contributed by atoms with Gasteiger partial charge in [-0.15, -0.1) is 0 Å². The van der Waals surface area contributed by atoms with E-state index in [1.807, 2.05) is 12.5 Å². The Hall–Kier alpha value is -0.870. The van der Waals surface area contributed by atoms with Crippen LogP contribution in [0, 0.1) is 5.41 Å². The molecule has 0 saturated heterocycles. The van der Waals surface area contributed by atoms with Crippen LogP contribution in [-0.2, 0) is 13.1 Å². The van der Waals surface area contributed by atoms with E-state index >= 15 is 0 Å². The highest BCUT2D eigenvalue weighted by atomic mass is 15.1. The molecule has 0 unspecified atom stereocenters. The molecule has 0 amide bonds. The van der Waals surface area contributed by atoms with Crippen LogP contribution >= 0.6 is 0 Å². The Morgan fingerprint density at radius 3 is 2.61 bits per heavy atom. The quantitative estimate of drug-likeness (QED) is 0.805. The molecule has 0 aliphatic carbocycles. The van der Waals surface area contributed by atoms with Gasteiger partial charge in [0.15, 0.2) is 0 Å². The third-order valence-electron chi connectivity index (χ3n) is 2.83. The second-order valence-electron chi connectivity index (χ2n) is 6.45. The van der Waals surface area contributed by atoms with Crippen LogP contribution in [0.15, 0.2) is 12.5 Å². The average molecular weight is 252 g/mol. The van der Waals surface area contributed by atoms with Crippen molar-refractivity contribution in [2.24, 2.45) is 5.41 Å². The third kappa shape index (κ3) is 5.19. The molecule has 104 valence electrons. The fourth-order valence-electron chi connectivity index (χ4n) is 2.31. The molecule has 4 heteroatoms. The summed E-state index contributed by atoms with van der Waals surface area (Å²) in [7, 11) is 4.24. The molecule has 1 rings (SSSR count). The zero-order valence-corrected chi connectivity index (χ0v) is 12.7. The Labute approximate surface area is 111 Å². The highest BCUT2D eigenvalue weighted by Crippen LogP contribution is 2.19. The lowest BCUT2D eigenvalue weighted by Crippen LogP contribution is -2.33. The first kappa shape index (κ1) is 15.2. The van der Waals surface area contributed by atoms with Crippen LogP contribution in [0.5, 0.6) is 0 Å². The number of hydrogen-bond acceptors (Lipinski definition) is 3. The number of nitrogens with zero attached hydrogens (tertiary/aromatic N) is 3. The van der Waals surface area contributed by atoms with Crippen LogP contribution in [0.1, 0.15) is 33.4 Å². The van der Waals surface area contributed by atoms with E-state index in [-0.39, 0.29) is 5.41 Å². The Kier molecular flexibility index (Phi) is 5.35. The largest absolute Gasteiger partial charge is 0.333 e. The summed E-state index contributed by atoms with van der Waals surface area (Å²) < 4.78 is 2.26. The van der Waals surface area contributed by atoms with Crippen molar-refractivity contribution in [3.05, 3.63) is 18.2 Å². The standard InChI is InChI=1S/C14H28N4/c1-12(2)16-8-13-7-15-11-18(13)10-14(3,4)9-17(5)6/h7,11-12,16H,8-10H2,1-6H3. The molecule has 18 heavy (non-hydrogen) atoms. The number of rotatable bonds is 7. The Morgan fingerprint density at radius 2 is 2.06 bits per heavy atom. The van der Waals surface area contributed by atoms with E-state index in [0.29, 0.717) is 6.04 Å². The summed E-state index contributed by atoms with van der Waals surface area (Å²) in [5.74, 6) is 0. The van der Waals surface area contributed by atoms with Gasteiger partial charge in [-0.05, 0) is 19.5 Å². The lowest BCUT2D eigenvalue weighted by Gasteiger charge is -2.29. The predicted octanol–water partition coefficient (Wildman–Crippen LogP) is 1.97. The van der Waals surface area contributed by atoms with Crippen molar-refractivity contribution in [1.29, 1.82) is 0 Å². The van der Waals surface area contributed by atoms with Crippen molar-refractivity contribution < 1.29 is 0 Å². The molecule has 0 spiro atoms. The molecule has 0 radical (unpaired) electrons. The molecule has 0 fully saturated rings. The third-order valence-corrected chi connectivity index (χ3v) is 2.83. The first-order valence-corrected chi connectivity index (χ1v) is 6.67. The fourth-order valence-corrected chi connectivity index (χ4v) is 2.31. The van der Waals surface area contributed by atoms with Crippen molar-refractivity contribution in [1.82, 2.24) is 19.8 Å². The molecule has 0 atom stereocenters. The molecule has 0 saturated carbocycles. The van der Waals surface area contributed by atoms with Gasteiger partial charge in [-0.25, -0.2) is 4.98 Å². The monoisotopic (exact) mass is 252 g/mol. The van der Waals surface area contributed by atoms with Crippen molar-refractivity contribution >= 4 is 0 Å². The van der Waals surface area contributed by atoms with Gasteiger partial charge in [-0.3, -0.25) is 0 Å². The molecule has 1 aromatic rings. The van der Waals surface area contributed by atoms with Crippen LogP contribution in [0.25, 0.3) is 0 Å². The highest BCUT2D eigenvalue weighted by Gasteiger charge is 2.20. The zero-order valence-electron chi connectivity index (χ0n) is 12.7. The number of aromatic nitrogens is 2. The van der Waals surface area contributed by atoms with Crippen LogP contribution in [0.4, 0.5) is 0 Å². The van der Waals surface area contributed by atoms with E-state index in [1.165, 1.54) is 5.69 Å². The maximum atomic E-state index is 4.27. The molecule has 1 N–H and O–H groups in total. The lowest BCUT2D eigenvalue weighted by atomic mass is 9.93. The Bertz CT molecular complexity index is 352. The Morgan fingerprint density at radius 1 is 1.39 bits per heavy atom. The maximum absolute atomic E-state index is 4.27. The maximum Gasteiger partial charge on any atom is 0.0948 e. The van der Waals surface area contributed by atoms with Crippen molar-refractivity contribution in [2.75, 3.05) is 20.6 Å². The Balaban J connectivity index is 2.64. The van der Waals surface area contributed by atoms with Gasteiger partial charge in [0, 0.05) is 31.9 Å². The topological polar surface area (TPSA) is 33.1 Å². The summed E-state index contributed by atoms with van der Waals surface area (Å²) in [6.07, 6.45) is 3.90. The number of nitrogens with one attached hydrogen (secondary N) is 1. The minimum Gasteiger partial charge on any atom is -0.333 e. The first-order chi connectivity index (χ1) is 8.30. The molecular weight excluding hydrogens is 224 g/mol. The number of hydrogen-bond donors (Lipinski definition) is 1. The van der Waals surface area contributed by atoms with Gasteiger partial charge < -0.3 is 14.8 Å². The van der Waals surface area contributed by atoms with E-state index < -0.39 is 0 Å². The molecule has 0 bridgehead atoms. The summed E-state index contributed by atoms with van der Waals surface area (Å²) in [5, 5.41) is 3.44. The minimum atomic E-state index is 0.247. The fraction of sp³-hybridized carbons (Fsp3) is 0.786. The summed E-state index contributed by atoms with van der Waals surface area (Å²) in [5.41, 5.74) is 1.51. The average Bonchev–Trinajstić information content (AvgIpc) is 2.59. The van der Waals surface area contributed by atoms with E-state index in [2.05, 4.69) is 61.6 Å². The van der Waals surface area contributed by atoms with Gasteiger partial charge in [0.05, 0.1) is 12.0 Å². The van der Waals surface area contributed by atoms with Crippen molar-refractivity contribution in [3.8, 4) is 0 Å². The summed E-state index contributed by atoms with van der Waals surface area (Å²) in [4.78, 5) is 6.51. The van der Waals surface area contributed by atoms with Crippen LogP contribution < -0.4 is 5.32 Å². The van der Waals surface area contributed by atoms with Crippen LogP contribution in [-0.4, -0.2) is 41.1 Å². The van der Waals surface area contributed by atoms with E-state index in [9.17, 15) is 0 Å². The van der Waals surface area contributed by atoms with Gasteiger partial charge in [-0.1, -0.05) is 27.7 Å². The molecule has 0 aromatic carbocycles. The van der Waals surface area contributed by atoms with Crippen molar-refractivity contribution in [2.45, 2.75) is 46.8 Å². The highest BCUT2D eigenvalue weighted by molar-refractivity contribution is 4.99. The molecule has 0 aliphatic rings. The van der Waals surface area contributed by atoms with Gasteiger partial charge in [0.2, 0.25) is 0 Å². The van der Waals surface area contributed by atoms with Crippen molar-refractivity contribution in [3.63, 3.8) is 0 Å². The van der Waals surface area contributed by atoms with Gasteiger partial charge in [0.1, 0.15) is 0 Å². The van der Waals surface area contributed by atoms with Crippen LogP contribution in [0.2, 0.25) is 0 Å². The second kappa shape index (κ2) is 6.34. The first-order valence-electron chi connectivity index (χ1n) is 6.67. The van der Waals surface area contributed by atoms with E-state index in [0.717, 1.165) is 19.6 Å². The van der Waals surface area contributed by atoms with Crippen LogP contribution in [0.3, 0.4) is 0 Å².